The Bertz CT molecular complexity index is 601. The van der Waals surface area contributed by atoms with Gasteiger partial charge in [-0.05, 0) is 36.5 Å². The topological polar surface area (TPSA) is 46.2 Å². The summed E-state index contributed by atoms with van der Waals surface area (Å²) in [5.41, 5.74) is -0.100. The fourth-order valence-corrected chi connectivity index (χ4v) is 4.49. The highest BCUT2D eigenvalue weighted by atomic mass is 79.9. The second kappa shape index (κ2) is 5.73. The summed E-state index contributed by atoms with van der Waals surface area (Å²) in [6.45, 7) is 4.11. The summed E-state index contributed by atoms with van der Waals surface area (Å²) in [6.07, 6.45) is 3.88. The molecule has 0 aliphatic heterocycles. The molecular formula is C14H19BrFNO2S. The van der Waals surface area contributed by atoms with Gasteiger partial charge in [0.1, 0.15) is 10.7 Å². The summed E-state index contributed by atoms with van der Waals surface area (Å²) in [6, 6.07) is 3.84. The van der Waals surface area contributed by atoms with Crippen LogP contribution in [0.1, 0.15) is 39.5 Å². The first-order valence-electron chi connectivity index (χ1n) is 6.70. The van der Waals surface area contributed by atoms with Gasteiger partial charge in [-0.3, -0.25) is 0 Å². The quantitative estimate of drug-likeness (QED) is 0.886. The van der Waals surface area contributed by atoms with Crippen molar-refractivity contribution < 1.29 is 12.8 Å². The van der Waals surface area contributed by atoms with Crippen LogP contribution in [-0.4, -0.2) is 14.5 Å². The largest absolute Gasteiger partial charge is 0.243 e. The van der Waals surface area contributed by atoms with Gasteiger partial charge in [0.2, 0.25) is 10.0 Å². The van der Waals surface area contributed by atoms with E-state index < -0.39 is 15.8 Å². The summed E-state index contributed by atoms with van der Waals surface area (Å²) in [5, 5.41) is 0. The van der Waals surface area contributed by atoms with Gasteiger partial charge in [-0.1, -0.05) is 42.6 Å². The summed E-state index contributed by atoms with van der Waals surface area (Å²) in [5.74, 6) is -0.736. The lowest BCUT2D eigenvalue weighted by Crippen LogP contribution is -2.46. The lowest BCUT2D eigenvalue weighted by Gasteiger charge is -2.38. The van der Waals surface area contributed by atoms with Gasteiger partial charge in [0, 0.05) is 10.5 Å². The number of hydrogen-bond donors (Lipinski definition) is 1. The fraction of sp³-hybridized carbons (Fsp3) is 0.571. The first kappa shape index (κ1) is 15.9. The minimum Gasteiger partial charge on any atom is -0.207 e. The second-order valence-corrected chi connectivity index (χ2v) is 8.58. The molecule has 1 saturated carbocycles. The van der Waals surface area contributed by atoms with Gasteiger partial charge in [-0.15, -0.1) is 0 Å². The normalized spacial score (nSPS) is 22.7. The van der Waals surface area contributed by atoms with E-state index in [-0.39, 0.29) is 16.4 Å². The summed E-state index contributed by atoms with van der Waals surface area (Å²) >= 11 is 3.12. The predicted octanol–water partition coefficient (Wildman–Crippen LogP) is 3.84. The molecule has 1 aliphatic rings. The molecule has 0 bridgehead atoms. The summed E-state index contributed by atoms with van der Waals surface area (Å²) in [7, 11) is -3.82. The Labute approximate surface area is 128 Å². The van der Waals surface area contributed by atoms with Crippen molar-refractivity contribution >= 4 is 26.0 Å². The number of sulfonamides is 1. The van der Waals surface area contributed by atoms with Crippen LogP contribution < -0.4 is 4.72 Å². The van der Waals surface area contributed by atoms with Crippen molar-refractivity contribution in [2.75, 3.05) is 0 Å². The standard InChI is InChI=1S/C14H19BrFNO2S/c1-14(2)8-4-3-5-13(14)17-20(18,19)12-7-6-10(15)9-11(12)16/h6-7,9,13,17H,3-5,8H2,1-2H3. The maximum absolute atomic E-state index is 13.8. The lowest BCUT2D eigenvalue weighted by molar-refractivity contribution is 0.188. The minimum absolute atomic E-state index is 0.100. The highest BCUT2D eigenvalue weighted by Gasteiger charge is 2.35. The summed E-state index contributed by atoms with van der Waals surface area (Å²) in [4.78, 5) is -0.290. The molecule has 0 amide bonds. The van der Waals surface area contributed by atoms with Gasteiger partial charge in [0.15, 0.2) is 0 Å². The molecule has 1 aromatic carbocycles. The van der Waals surface area contributed by atoms with Gasteiger partial charge in [0.25, 0.3) is 0 Å². The maximum Gasteiger partial charge on any atom is 0.243 e. The highest BCUT2D eigenvalue weighted by molar-refractivity contribution is 9.10. The van der Waals surface area contributed by atoms with Crippen molar-refractivity contribution in [2.45, 2.75) is 50.5 Å². The third-order valence-electron chi connectivity index (χ3n) is 3.99. The molecule has 6 heteroatoms. The zero-order valence-corrected chi connectivity index (χ0v) is 14.0. The Morgan fingerprint density at radius 1 is 1.35 bits per heavy atom. The van der Waals surface area contributed by atoms with Gasteiger partial charge in [0.05, 0.1) is 0 Å². The van der Waals surface area contributed by atoms with E-state index in [1.54, 1.807) is 0 Å². The smallest absolute Gasteiger partial charge is 0.207 e. The van der Waals surface area contributed by atoms with Gasteiger partial charge in [-0.2, -0.15) is 0 Å². The van der Waals surface area contributed by atoms with Gasteiger partial charge < -0.3 is 0 Å². The molecule has 1 unspecified atom stereocenters. The number of nitrogens with one attached hydrogen (secondary N) is 1. The van der Waals surface area contributed by atoms with Gasteiger partial charge in [-0.25, -0.2) is 17.5 Å². The minimum atomic E-state index is -3.82. The van der Waals surface area contributed by atoms with E-state index >= 15 is 0 Å². The Balaban J connectivity index is 2.27. The number of halogens is 2. The lowest BCUT2D eigenvalue weighted by atomic mass is 9.74. The van der Waals surface area contributed by atoms with E-state index in [2.05, 4.69) is 34.5 Å². The zero-order valence-electron chi connectivity index (χ0n) is 11.6. The van der Waals surface area contributed by atoms with Crippen LogP contribution in [-0.2, 0) is 10.0 Å². The number of rotatable bonds is 3. The zero-order chi connectivity index (χ0) is 15.0. The summed E-state index contributed by atoms with van der Waals surface area (Å²) < 4.78 is 41.8. The van der Waals surface area contributed by atoms with E-state index in [0.717, 1.165) is 25.7 Å². The molecule has 0 spiro atoms. The van der Waals surface area contributed by atoms with E-state index in [4.69, 9.17) is 0 Å². The fourth-order valence-electron chi connectivity index (χ4n) is 2.66. The molecular weight excluding hydrogens is 345 g/mol. The second-order valence-electron chi connectivity index (χ2n) is 5.98. The van der Waals surface area contributed by atoms with Crippen LogP contribution in [0, 0.1) is 11.2 Å². The average molecular weight is 364 g/mol. The van der Waals surface area contributed by atoms with Crippen LogP contribution in [0.3, 0.4) is 0 Å². The maximum atomic E-state index is 13.8. The first-order valence-corrected chi connectivity index (χ1v) is 8.97. The molecule has 20 heavy (non-hydrogen) atoms. The molecule has 0 radical (unpaired) electrons. The van der Waals surface area contributed by atoms with Crippen molar-refractivity contribution in [2.24, 2.45) is 5.41 Å². The third-order valence-corrected chi connectivity index (χ3v) is 5.99. The van der Waals surface area contributed by atoms with Crippen molar-refractivity contribution in [3.63, 3.8) is 0 Å². The van der Waals surface area contributed by atoms with Crippen LogP contribution in [0.5, 0.6) is 0 Å². The molecule has 1 aliphatic carbocycles. The number of hydrogen-bond acceptors (Lipinski definition) is 2. The Hall–Kier alpha value is -0.460. The Kier molecular flexibility index (Phi) is 4.56. The van der Waals surface area contributed by atoms with E-state index in [1.807, 2.05) is 0 Å². The van der Waals surface area contributed by atoms with Crippen LogP contribution in [0.15, 0.2) is 27.6 Å². The van der Waals surface area contributed by atoms with E-state index in [0.29, 0.717) is 4.47 Å². The SMILES string of the molecule is CC1(C)CCCCC1NS(=O)(=O)c1ccc(Br)cc1F. The molecule has 3 nitrogen and oxygen atoms in total. The molecule has 0 saturated heterocycles. The monoisotopic (exact) mass is 363 g/mol. The van der Waals surface area contributed by atoms with Crippen LogP contribution >= 0.6 is 15.9 Å². The Morgan fingerprint density at radius 3 is 2.65 bits per heavy atom. The molecule has 1 atom stereocenters. The van der Waals surface area contributed by atoms with E-state index in [1.165, 1.54) is 18.2 Å². The third kappa shape index (κ3) is 3.40. The van der Waals surface area contributed by atoms with E-state index in [9.17, 15) is 12.8 Å². The van der Waals surface area contributed by atoms with Crippen LogP contribution in [0.4, 0.5) is 4.39 Å². The molecule has 112 valence electrons. The van der Waals surface area contributed by atoms with Crippen molar-refractivity contribution in [3.8, 4) is 0 Å². The van der Waals surface area contributed by atoms with Crippen LogP contribution in [0.2, 0.25) is 0 Å². The molecule has 1 aromatic rings. The average Bonchev–Trinajstić information content (AvgIpc) is 2.31. The van der Waals surface area contributed by atoms with Crippen molar-refractivity contribution in [1.82, 2.24) is 4.72 Å². The van der Waals surface area contributed by atoms with Crippen molar-refractivity contribution in [1.29, 1.82) is 0 Å². The number of benzene rings is 1. The molecule has 1 fully saturated rings. The molecule has 2 rings (SSSR count). The molecule has 0 aromatic heterocycles. The predicted molar refractivity (Wildman–Crippen MR) is 80.5 cm³/mol. The van der Waals surface area contributed by atoms with Crippen LogP contribution in [0.25, 0.3) is 0 Å². The van der Waals surface area contributed by atoms with Gasteiger partial charge >= 0.3 is 0 Å². The molecule has 1 N–H and O–H groups in total. The highest BCUT2D eigenvalue weighted by Crippen LogP contribution is 2.36. The Morgan fingerprint density at radius 2 is 2.05 bits per heavy atom. The first-order chi connectivity index (χ1) is 9.22. The molecule has 0 heterocycles. The van der Waals surface area contributed by atoms with Crippen molar-refractivity contribution in [3.05, 3.63) is 28.5 Å².